The van der Waals surface area contributed by atoms with Crippen LogP contribution in [0.1, 0.15) is 22.8 Å². The number of nitrogens with one attached hydrogen (secondary N) is 2. The van der Waals surface area contributed by atoms with Crippen molar-refractivity contribution >= 4 is 34.7 Å². The molecule has 2 aromatic carbocycles. The molecule has 0 saturated carbocycles. The molecule has 2 rings (SSSR count). The number of esters is 1. The molecule has 4 nitrogen and oxygen atoms in total. The standard InChI is InChI=1S/C17H17FN2O2S/c1-3-22-16(21)14-5-4-6-15(11(14)2)20-17(23)19-13-9-7-12(18)8-10-13/h4-10H,3H2,1-2H3,(H2,19,20,23). The van der Waals surface area contributed by atoms with Crippen LogP contribution in [0.2, 0.25) is 0 Å². The topological polar surface area (TPSA) is 50.4 Å². The van der Waals surface area contributed by atoms with Crippen molar-refractivity contribution in [1.82, 2.24) is 0 Å². The molecule has 0 fully saturated rings. The fourth-order valence-electron chi connectivity index (χ4n) is 2.02. The van der Waals surface area contributed by atoms with Gasteiger partial charge in [-0.2, -0.15) is 0 Å². The van der Waals surface area contributed by atoms with E-state index in [1.54, 1.807) is 31.2 Å². The van der Waals surface area contributed by atoms with E-state index in [1.165, 1.54) is 12.1 Å². The maximum atomic E-state index is 12.9. The van der Waals surface area contributed by atoms with E-state index in [2.05, 4.69) is 10.6 Å². The minimum atomic E-state index is -0.369. The quantitative estimate of drug-likeness (QED) is 0.651. The molecule has 0 bridgehead atoms. The molecule has 2 N–H and O–H groups in total. The van der Waals surface area contributed by atoms with Gasteiger partial charge >= 0.3 is 5.97 Å². The van der Waals surface area contributed by atoms with E-state index in [0.29, 0.717) is 28.7 Å². The van der Waals surface area contributed by atoms with Crippen LogP contribution in [0.25, 0.3) is 0 Å². The van der Waals surface area contributed by atoms with Gasteiger partial charge in [-0.1, -0.05) is 6.07 Å². The van der Waals surface area contributed by atoms with E-state index < -0.39 is 0 Å². The first-order chi connectivity index (χ1) is 11.0. The van der Waals surface area contributed by atoms with Crippen LogP contribution in [0.15, 0.2) is 42.5 Å². The summed E-state index contributed by atoms with van der Waals surface area (Å²) in [5.41, 5.74) is 2.61. The Bertz CT molecular complexity index is 717. The molecule has 0 aliphatic carbocycles. The molecule has 0 unspecified atom stereocenters. The third-order valence-corrected chi connectivity index (χ3v) is 3.38. The fourth-order valence-corrected chi connectivity index (χ4v) is 2.25. The number of carbonyl (C=O) groups excluding carboxylic acids is 1. The Labute approximate surface area is 139 Å². The molecule has 2 aromatic rings. The van der Waals surface area contributed by atoms with Crippen molar-refractivity contribution in [3.8, 4) is 0 Å². The molecule has 0 saturated heterocycles. The third kappa shape index (κ3) is 4.50. The first kappa shape index (κ1) is 16.9. The van der Waals surface area contributed by atoms with Gasteiger partial charge in [-0.05, 0) is 68.0 Å². The first-order valence-corrected chi connectivity index (χ1v) is 7.52. The number of benzene rings is 2. The molecule has 0 aromatic heterocycles. The zero-order valence-electron chi connectivity index (χ0n) is 12.9. The summed E-state index contributed by atoms with van der Waals surface area (Å²) >= 11 is 5.24. The Morgan fingerprint density at radius 2 is 1.87 bits per heavy atom. The van der Waals surface area contributed by atoms with Gasteiger partial charge in [0.1, 0.15) is 5.82 Å². The Morgan fingerprint density at radius 3 is 2.52 bits per heavy atom. The van der Waals surface area contributed by atoms with E-state index in [9.17, 15) is 9.18 Å². The lowest BCUT2D eigenvalue weighted by Crippen LogP contribution is -2.20. The number of thiocarbonyl (C=S) groups is 1. The third-order valence-electron chi connectivity index (χ3n) is 3.18. The minimum Gasteiger partial charge on any atom is -0.462 e. The van der Waals surface area contributed by atoms with E-state index >= 15 is 0 Å². The van der Waals surface area contributed by atoms with Crippen LogP contribution in [0.5, 0.6) is 0 Å². The zero-order valence-corrected chi connectivity index (χ0v) is 13.7. The highest BCUT2D eigenvalue weighted by atomic mass is 32.1. The van der Waals surface area contributed by atoms with Gasteiger partial charge in [0.05, 0.1) is 12.2 Å². The van der Waals surface area contributed by atoms with Gasteiger partial charge in [0.2, 0.25) is 0 Å². The van der Waals surface area contributed by atoms with Crippen molar-refractivity contribution in [3.05, 3.63) is 59.4 Å². The highest BCUT2D eigenvalue weighted by Gasteiger charge is 2.13. The Morgan fingerprint density at radius 1 is 1.17 bits per heavy atom. The van der Waals surface area contributed by atoms with Crippen LogP contribution in [0.4, 0.5) is 15.8 Å². The molecule has 0 amide bonds. The molecule has 120 valence electrons. The molecule has 0 aliphatic heterocycles. The van der Waals surface area contributed by atoms with Crippen molar-refractivity contribution in [3.63, 3.8) is 0 Å². The van der Waals surface area contributed by atoms with Gasteiger partial charge in [0.15, 0.2) is 5.11 Å². The predicted molar refractivity (Wildman–Crippen MR) is 93.4 cm³/mol. The summed E-state index contributed by atoms with van der Waals surface area (Å²) in [6.45, 7) is 3.90. The molecular formula is C17H17FN2O2S. The molecule has 0 aliphatic rings. The SMILES string of the molecule is CCOC(=O)c1cccc(NC(=S)Nc2ccc(F)cc2)c1C. The second-order valence-corrected chi connectivity index (χ2v) is 5.19. The van der Waals surface area contributed by atoms with Crippen molar-refractivity contribution in [2.75, 3.05) is 17.2 Å². The molecule has 0 atom stereocenters. The number of halogens is 1. The summed E-state index contributed by atoms with van der Waals surface area (Å²) in [7, 11) is 0. The van der Waals surface area contributed by atoms with Crippen LogP contribution in [0, 0.1) is 12.7 Å². The number of carbonyl (C=O) groups is 1. The first-order valence-electron chi connectivity index (χ1n) is 7.11. The number of ether oxygens (including phenoxy) is 1. The maximum Gasteiger partial charge on any atom is 0.338 e. The summed E-state index contributed by atoms with van der Waals surface area (Å²) in [4.78, 5) is 11.9. The van der Waals surface area contributed by atoms with Crippen molar-refractivity contribution in [2.24, 2.45) is 0 Å². The average Bonchev–Trinajstić information content (AvgIpc) is 2.52. The van der Waals surface area contributed by atoms with E-state index in [-0.39, 0.29) is 11.8 Å². The van der Waals surface area contributed by atoms with Crippen LogP contribution < -0.4 is 10.6 Å². The second-order valence-electron chi connectivity index (χ2n) is 4.78. The molecule has 0 heterocycles. The summed E-state index contributed by atoms with van der Waals surface area (Å²) in [6, 6.07) is 11.1. The van der Waals surface area contributed by atoms with Crippen LogP contribution in [-0.4, -0.2) is 17.7 Å². The number of hydrogen-bond donors (Lipinski definition) is 2. The van der Waals surface area contributed by atoms with Crippen LogP contribution in [0.3, 0.4) is 0 Å². The minimum absolute atomic E-state index is 0.313. The van der Waals surface area contributed by atoms with Gasteiger partial charge in [-0.25, -0.2) is 9.18 Å². The van der Waals surface area contributed by atoms with Crippen molar-refractivity contribution in [2.45, 2.75) is 13.8 Å². The number of anilines is 2. The lowest BCUT2D eigenvalue weighted by molar-refractivity contribution is 0.0525. The smallest absolute Gasteiger partial charge is 0.338 e. The van der Waals surface area contributed by atoms with Gasteiger partial charge < -0.3 is 15.4 Å². The van der Waals surface area contributed by atoms with Gasteiger partial charge in [-0.15, -0.1) is 0 Å². The van der Waals surface area contributed by atoms with Crippen LogP contribution >= 0.6 is 12.2 Å². The Balaban J connectivity index is 2.10. The number of rotatable bonds is 4. The van der Waals surface area contributed by atoms with E-state index in [1.807, 2.05) is 13.0 Å². The Kier molecular flexibility index (Phi) is 5.65. The summed E-state index contributed by atoms with van der Waals surface area (Å²) in [6.07, 6.45) is 0. The average molecular weight is 332 g/mol. The second kappa shape index (κ2) is 7.69. The van der Waals surface area contributed by atoms with E-state index in [0.717, 1.165) is 5.56 Å². The van der Waals surface area contributed by atoms with Crippen molar-refractivity contribution < 1.29 is 13.9 Å². The van der Waals surface area contributed by atoms with Crippen molar-refractivity contribution in [1.29, 1.82) is 0 Å². The predicted octanol–water partition coefficient (Wildman–Crippen LogP) is 4.12. The van der Waals surface area contributed by atoms with Crippen LogP contribution in [-0.2, 0) is 4.74 Å². The van der Waals surface area contributed by atoms with Gasteiger partial charge in [0, 0.05) is 11.4 Å². The lowest BCUT2D eigenvalue weighted by atomic mass is 10.1. The summed E-state index contributed by atoms with van der Waals surface area (Å²) in [5, 5.41) is 6.33. The molecular weight excluding hydrogens is 315 g/mol. The molecule has 23 heavy (non-hydrogen) atoms. The molecule has 0 spiro atoms. The van der Waals surface area contributed by atoms with Gasteiger partial charge in [-0.3, -0.25) is 0 Å². The molecule has 0 radical (unpaired) electrons. The Hall–Kier alpha value is -2.47. The highest BCUT2D eigenvalue weighted by Crippen LogP contribution is 2.20. The number of hydrogen-bond acceptors (Lipinski definition) is 3. The molecule has 6 heteroatoms. The largest absolute Gasteiger partial charge is 0.462 e. The normalized spacial score (nSPS) is 10.0. The summed E-state index contributed by atoms with van der Waals surface area (Å²) < 4.78 is 17.9. The highest BCUT2D eigenvalue weighted by molar-refractivity contribution is 7.80. The monoisotopic (exact) mass is 332 g/mol. The fraction of sp³-hybridized carbons (Fsp3) is 0.176. The van der Waals surface area contributed by atoms with E-state index in [4.69, 9.17) is 17.0 Å². The maximum absolute atomic E-state index is 12.9. The summed E-state index contributed by atoms with van der Waals surface area (Å²) in [5.74, 6) is -0.682. The lowest BCUT2D eigenvalue weighted by Gasteiger charge is -2.14. The van der Waals surface area contributed by atoms with Gasteiger partial charge in [0.25, 0.3) is 0 Å². The zero-order chi connectivity index (χ0) is 16.8.